The molecule has 4 heteroatoms. The fourth-order valence-electron chi connectivity index (χ4n) is 3.47. The van der Waals surface area contributed by atoms with E-state index in [2.05, 4.69) is 29.6 Å². The predicted octanol–water partition coefficient (Wildman–Crippen LogP) is 4.25. The summed E-state index contributed by atoms with van der Waals surface area (Å²) in [5, 5.41) is 3.60. The SMILES string of the molecule is CCOC(=O)CCc1ccc(N[C@@H]2CCCc3ccccc32)c(N)c1. The highest BCUT2D eigenvalue weighted by Crippen LogP contribution is 2.34. The van der Waals surface area contributed by atoms with Crippen LogP contribution in [0.5, 0.6) is 0 Å². The number of carbonyl (C=O) groups is 1. The van der Waals surface area contributed by atoms with Crippen molar-refractivity contribution in [1.29, 1.82) is 0 Å². The third-order valence-corrected chi connectivity index (χ3v) is 4.74. The van der Waals surface area contributed by atoms with E-state index in [9.17, 15) is 4.79 Å². The summed E-state index contributed by atoms with van der Waals surface area (Å²) in [6, 6.07) is 14.9. The van der Waals surface area contributed by atoms with Gasteiger partial charge in [0, 0.05) is 6.42 Å². The molecular formula is C21H26N2O2. The zero-order valence-electron chi connectivity index (χ0n) is 14.8. The maximum absolute atomic E-state index is 11.5. The predicted molar refractivity (Wildman–Crippen MR) is 102 cm³/mol. The molecule has 0 aromatic heterocycles. The lowest BCUT2D eigenvalue weighted by Crippen LogP contribution is -2.18. The summed E-state index contributed by atoms with van der Waals surface area (Å²) in [5.41, 5.74) is 11.8. The lowest BCUT2D eigenvalue weighted by molar-refractivity contribution is -0.143. The van der Waals surface area contributed by atoms with Crippen LogP contribution in [0.15, 0.2) is 42.5 Å². The molecule has 0 fully saturated rings. The first-order valence-corrected chi connectivity index (χ1v) is 9.05. The van der Waals surface area contributed by atoms with Gasteiger partial charge in [-0.15, -0.1) is 0 Å². The lowest BCUT2D eigenvalue weighted by atomic mass is 9.87. The number of ether oxygens (including phenoxy) is 1. The zero-order chi connectivity index (χ0) is 17.6. The van der Waals surface area contributed by atoms with Gasteiger partial charge in [0.1, 0.15) is 0 Å². The maximum Gasteiger partial charge on any atom is 0.306 e. The van der Waals surface area contributed by atoms with Crippen LogP contribution in [0.25, 0.3) is 0 Å². The maximum atomic E-state index is 11.5. The number of hydrogen-bond acceptors (Lipinski definition) is 4. The summed E-state index contributed by atoms with van der Waals surface area (Å²) >= 11 is 0. The highest BCUT2D eigenvalue weighted by atomic mass is 16.5. The first kappa shape index (κ1) is 17.3. The van der Waals surface area contributed by atoms with Gasteiger partial charge < -0.3 is 15.8 Å². The molecule has 1 aliphatic carbocycles. The smallest absolute Gasteiger partial charge is 0.306 e. The molecule has 0 heterocycles. The summed E-state index contributed by atoms with van der Waals surface area (Å²) in [6.45, 7) is 2.24. The molecule has 0 aliphatic heterocycles. The van der Waals surface area contributed by atoms with Gasteiger partial charge in [-0.3, -0.25) is 4.79 Å². The number of benzene rings is 2. The molecule has 0 bridgehead atoms. The molecule has 0 saturated carbocycles. The van der Waals surface area contributed by atoms with Crippen molar-refractivity contribution in [2.75, 3.05) is 17.7 Å². The molecule has 1 atom stereocenters. The Morgan fingerprint density at radius 3 is 2.92 bits per heavy atom. The molecule has 3 rings (SSSR count). The molecule has 0 spiro atoms. The van der Waals surface area contributed by atoms with Crippen LogP contribution < -0.4 is 11.1 Å². The first-order chi connectivity index (χ1) is 12.2. The standard InChI is InChI=1S/C21H26N2O2/c1-2-25-21(24)13-11-15-10-12-20(18(22)14-15)23-19-9-5-7-16-6-3-4-8-17(16)19/h3-4,6,8,10,12,14,19,23H,2,5,7,9,11,13,22H2,1H3/t19-/m1/s1. The molecule has 2 aromatic rings. The Kier molecular flexibility index (Phi) is 5.59. The van der Waals surface area contributed by atoms with Gasteiger partial charge in [-0.2, -0.15) is 0 Å². The van der Waals surface area contributed by atoms with Crippen LogP contribution in [0.4, 0.5) is 11.4 Å². The molecule has 3 N–H and O–H groups in total. The molecule has 1 aliphatic rings. The van der Waals surface area contributed by atoms with E-state index in [1.165, 1.54) is 17.5 Å². The van der Waals surface area contributed by atoms with Crippen molar-refractivity contribution in [2.24, 2.45) is 0 Å². The number of aryl methyl sites for hydroxylation is 2. The number of anilines is 2. The average molecular weight is 338 g/mol. The second-order valence-electron chi connectivity index (χ2n) is 6.51. The van der Waals surface area contributed by atoms with Crippen molar-refractivity contribution in [3.05, 3.63) is 59.2 Å². The van der Waals surface area contributed by atoms with Gasteiger partial charge in [-0.25, -0.2) is 0 Å². The van der Waals surface area contributed by atoms with E-state index in [1.807, 2.05) is 25.1 Å². The second-order valence-corrected chi connectivity index (χ2v) is 6.51. The number of nitrogens with one attached hydrogen (secondary N) is 1. The van der Waals surface area contributed by atoms with Crippen molar-refractivity contribution in [2.45, 2.75) is 45.1 Å². The van der Waals surface area contributed by atoms with Crippen LogP contribution in [0.3, 0.4) is 0 Å². The number of hydrogen-bond donors (Lipinski definition) is 2. The van der Waals surface area contributed by atoms with E-state index in [4.69, 9.17) is 10.5 Å². The fourth-order valence-corrected chi connectivity index (χ4v) is 3.47. The monoisotopic (exact) mass is 338 g/mol. The normalized spacial score (nSPS) is 16.1. The topological polar surface area (TPSA) is 64.3 Å². The van der Waals surface area contributed by atoms with Crippen molar-refractivity contribution in [1.82, 2.24) is 0 Å². The van der Waals surface area contributed by atoms with Crippen LogP contribution in [0, 0.1) is 0 Å². The van der Waals surface area contributed by atoms with E-state index in [-0.39, 0.29) is 5.97 Å². The van der Waals surface area contributed by atoms with E-state index >= 15 is 0 Å². The van der Waals surface area contributed by atoms with E-state index in [0.717, 1.165) is 29.8 Å². The summed E-state index contributed by atoms with van der Waals surface area (Å²) in [5.74, 6) is -0.165. The van der Waals surface area contributed by atoms with Crippen molar-refractivity contribution < 1.29 is 9.53 Å². The van der Waals surface area contributed by atoms with Gasteiger partial charge >= 0.3 is 5.97 Å². The van der Waals surface area contributed by atoms with Crippen LogP contribution in [0.2, 0.25) is 0 Å². The molecule has 0 saturated heterocycles. The van der Waals surface area contributed by atoms with Crippen LogP contribution in [0.1, 0.15) is 48.9 Å². The summed E-state index contributed by atoms with van der Waals surface area (Å²) in [7, 11) is 0. The summed E-state index contributed by atoms with van der Waals surface area (Å²) in [6.07, 6.45) is 4.48. The number of carbonyl (C=O) groups excluding carboxylic acids is 1. The average Bonchev–Trinajstić information content (AvgIpc) is 2.62. The van der Waals surface area contributed by atoms with Gasteiger partial charge in [0.25, 0.3) is 0 Å². The van der Waals surface area contributed by atoms with E-state index in [0.29, 0.717) is 25.5 Å². The fraction of sp³-hybridized carbons (Fsp3) is 0.381. The highest BCUT2D eigenvalue weighted by molar-refractivity contribution is 5.71. The third-order valence-electron chi connectivity index (χ3n) is 4.74. The summed E-state index contributed by atoms with van der Waals surface area (Å²) in [4.78, 5) is 11.5. The minimum Gasteiger partial charge on any atom is -0.466 e. The van der Waals surface area contributed by atoms with Gasteiger partial charge in [0.2, 0.25) is 0 Å². The van der Waals surface area contributed by atoms with Crippen LogP contribution >= 0.6 is 0 Å². The second kappa shape index (κ2) is 8.06. The molecule has 0 unspecified atom stereocenters. The third kappa shape index (κ3) is 4.32. The Morgan fingerprint density at radius 1 is 1.28 bits per heavy atom. The quantitative estimate of drug-likeness (QED) is 0.610. The van der Waals surface area contributed by atoms with Crippen LogP contribution in [-0.2, 0) is 22.4 Å². The molecule has 132 valence electrons. The molecule has 0 radical (unpaired) electrons. The Balaban J connectivity index is 1.67. The highest BCUT2D eigenvalue weighted by Gasteiger charge is 2.20. The minimum absolute atomic E-state index is 0.165. The van der Waals surface area contributed by atoms with Gasteiger partial charge in [-0.05, 0) is 61.4 Å². The molecule has 4 nitrogen and oxygen atoms in total. The van der Waals surface area contributed by atoms with E-state index < -0.39 is 0 Å². The zero-order valence-corrected chi connectivity index (χ0v) is 14.8. The Bertz CT molecular complexity index is 742. The molecule has 2 aromatic carbocycles. The first-order valence-electron chi connectivity index (χ1n) is 9.05. The number of rotatable bonds is 6. The van der Waals surface area contributed by atoms with E-state index in [1.54, 1.807) is 0 Å². The number of fused-ring (bicyclic) bond motifs is 1. The van der Waals surface area contributed by atoms with Crippen molar-refractivity contribution in [3.8, 4) is 0 Å². The lowest BCUT2D eigenvalue weighted by Gasteiger charge is -2.28. The number of nitrogen functional groups attached to an aromatic ring is 1. The Hall–Kier alpha value is -2.49. The van der Waals surface area contributed by atoms with Gasteiger partial charge in [0.15, 0.2) is 0 Å². The minimum atomic E-state index is -0.165. The Morgan fingerprint density at radius 2 is 2.12 bits per heavy atom. The number of nitrogens with two attached hydrogens (primary N) is 1. The van der Waals surface area contributed by atoms with Crippen LogP contribution in [-0.4, -0.2) is 12.6 Å². The molecule has 25 heavy (non-hydrogen) atoms. The largest absolute Gasteiger partial charge is 0.466 e. The molecular weight excluding hydrogens is 312 g/mol. The molecule has 0 amide bonds. The van der Waals surface area contributed by atoms with Gasteiger partial charge in [-0.1, -0.05) is 30.3 Å². The Labute approximate surface area is 149 Å². The van der Waals surface area contributed by atoms with Crippen molar-refractivity contribution >= 4 is 17.3 Å². The number of esters is 1. The summed E-state index contributed by atoms with van der Waals surface area (Å²) < 4.78 is 4.97. The van der Waals surface area contributed by atoms with Gasteiger partial charge in [0.05, 0.1) is 24.0 Å². The van der Waals surface area contributed by atoms with Crippen molar-refractivity contribution in [3.63, 3.8) is 0 Å².